The molecule has 1 saturated carbocycles. The zero-order valence-corrected chi connectivity index (χ0v) is 15.4. The van der Waals surface area contributed by atoms with Gasteiger partial charge in [-0.25, -0.2) is 4.98 Å². The zero-order chi connectivity index (χ0) is 18.7. The molecule has 8 heteroatoms. The summed E-state index contributed by atoms with van der Waals surface area (Å²) < 4.78 is 12.7. The molecule has 0 amide bonds. The topological polar surface area (TPSA) is 105 Å². The summed E-state index contributed by atoms with van der Waals surface area (Å²) in [5.74, 6) is 0.487. The second-order valence-corrected chi connectivity index (χ2v) is 6.62. The minimum Gasteiger partial charge on any atom is -0.489 e. The van der Waals surface area contributed by atoms with Crippen LogP contribution in [0.1, 0.15) is 37.1 Å². The van der Waals surface area contributed by atoms with Crippen molar-refractivity contribution in [3.05, 3.63) is 23.5 Å². The number of carbonyl (C=O) groups excluding carboxylic acids is 1. The van der Waals surface area contributed by atoms with Crippen LogP contribution in [0.5, 0.6) is 5.75 Å². The van der Waals surface area contributed by atoms with E-state index in [1.54, 1.807) is 4.68 Å². The summed E-state index contributed by atoms with van der Waals surface area (Å²) >= 11 is 0. The van der Waals surface area contributed by atoms with Gasteiger partial charge in [-0.2, -0.15) is 0 Å². The Hall–Kier alpha value is -2.48. The smallest absolute Gasteiger partial charge is 0.308 e. The van der Waals surface area contributed by atoms with Gasteiger partial charge >= 0.3 is 5.97 Å². The van der Waals surface area contributed by atoms with Crippen LogP contribution in [0.15, 0.2) is 12.1 Å². The van der Waals surface area contributed by atoms with E-state index < -0.39 is 0 Å². The van der Waals surface area contributed by atoms with Crippen LogP contribution in [-0.4, -0.2) is 39.2 Å². The Labute approximate surface area is 152 Å². The molecule has 2 aromatic heterocycles. The first kappa shape index (κ1) is 18.3. The van der Waals surface area contributed by atoms with Crippen LogP contribution in [-0.2, 0) is 23.1 Å². The summed E-state index contributed by atoms with van der Waals surface area (Å²) in [6.07, 6.45) is 3.41. The monoisotopic (exact) mass is 359 g/mol. The largest absolute Gasteiger partial charge is 0.489 e. The maximum atomic E-state index is 11.8. The van der Waals surface area contributed by atoms with Crippen molar-refractivity contribution in [2.75, 3.05) is 7.11 Å². The Kier molecular flexibility index (Phi) is 5.51. The third kappa shape index (κ3) is 3.70. The molecule has 140 valence electrons. The second kappa shape index (κ2) is 7.82. The molecule has 1 aliphatic rings. The van der Waals surface area contributed by atoms with Crippen LogP contribution in [0.4, 0.5) is 0 Å². The number of aromatic nitrogens is 4. The number of nitrogens with two attached hydrogens (primary N) is 1. The van der Waals surface area contributed by atoms with Gasteiger partial charge in [0, 0.05) is 13.6 Å². The van der Waals surface area contributed by atoms with Crippen LogP contribution < -0.4 is 10.5 Å². The molecule has 0 spiro atoms. The van der Waals surface area contributed by atoms with Crippen molar-refractivity contribution < 1.29 is 14.3 Å². The van der Waals surface area contributed by atoms with E-state index in [0.29, 0.717) is 18.7 Å². The van der Waals surface area contributed by atoms with Crippen molar-refractivity contribution in [2.45, 2.75) is 45.3 Å². The van der Waals surface area contributed by atoms with Crippen molar-refractivity contribution in [1.29, 1.82) is 0 Å². The van der Waals surface area contributed by atoms with Crippen LogP contribution >= 0.6 is 0 Å². The number of hydrogen-bond donors (Lipinski definition) is 1. The molecule has 2 atom stereocenters. The molecule has 3 rings (SSSR count). The van der Waals surface area contributed by atoms with Crippen molar-refractivity contribution in [3.63, 3.8) is 0 Å². The van der Waals surface area contributed by atoms with E-state index in [2.05, 4.69) is 15.3 Å². The van der Waals surface area contributed by atoms with E-state index in [9.17, 15) is 4.79 Å². The van der Waals surface area contributed by atoms with Crippen LogP contribution in [0.2, 0.25) is 0 Å². The number of hydrogen-bond acceptors (Lipinski definition) is 7. The van der Waals surface area contributed by atoms with Gasteiger partial charge < -0.3 is 15.2 Å². The van der Waals surface area contributed by atoms with E-state index in [0.717, 1.165) is 42.1 Å². The highest BCUT2D eigenvalue weighted by Gasteiger charge is 2.29. The maximum Gasteiger partial charge on any atom is 0.308 e. The Morgan fingerprint density at radius 2 is 2.19 bits per heavy atom. The van der Waals surface area contributed by atoms with Crippen molar-refractivity contribution in [3.8, 4) is 17.1 Å². The molecular weight excluding hydrogens is 334 g/mol. The van der Waals surface area contributed by atoms with Gasteiger partial charge in [0.25, 0.3) is 0 Å². The lowest BCUT2D eigenvalue weighted by atomic mass is 9.87. The highest BCUT2D eigenvalue weighted by molar-refractivity contribution is 5.72. The van der Waals surface area contributed by atoms with Gasteiger partial charge in [-0.05, 0) is 44.7 Å². The normalized spacial score (nSPS) is 20.0. The van der Waals surface area contributed by atoms with Crippen molar-refractivity contribution >= 4 is 5.97 Å². The van der Waals surface area contributed by atoms with E-state index >= 15 is 0 Å². The lowest BCUT2D eigenvalue weighted by Crippen LogP contribution is -2.30. The van der Waals surface area contributed by atoms with Crippen molar-refractivity contribution in [1.82, 2.24) is 20.0 Å². The van der Waals surface area contributed by atoms with E-state index in [1.807, 2.05) is 26.1 Å². The number of ether oxygens (including phenoxy) is 2. The average Bonchev–Trinajstić information content (AvgIpc) is 3.03. The van der Waals surface area contributed by atoms with Gasteiger partial charge in [0.1, 0.15) is 11.4 Å². The molecule has 2 N–H and O–H groups in total. The first-order valence-electron chi connectivity index (χ1n) is 8.84. The van der Waals surface area contributed by atoms with Crippen LogP contribution in [0, 0.1) is 12.8 Å². The Bertz CT molecular complexity index is 789. The zero-order valence-electron chi connectivity index (χ0n) is 15.4. The number of nitrogens with zero attached hydrogens (tertiary/aromatic N) is 4. The van der Waals surface area contributed by atoms with Crippen LogP contribution in [0.25, 0.3) is 11.4 Å². The lowest BCUT2D eigenvalue weighted by Gasteiger charge is -2.28. The predicted octanol–water partition coefficient (Wildman–Crippen LogP) is 1.75. The minimum absolute atomic E-state index is 0.00433. The highest BCUT2D eigenvalue weighted by Crippen LogP contribution is 2.30. The number of carbonyl (C=O) groups is 1. The molecule has 1 fully saturated rings. The molecule has 2 aromatic rings. The minimum atomic E-state index is -0.152. The molecular formula is C18H25N5O3. The van der Waals surface area contributed by atoms with Crippen molar-refractivity contribution in [2.24, 2.45) is 18.7 Å². The first-order chi connectivity index (χ1) is 12.5. The SMILES string of the molecule is COC(=O)[C@H]1CCC[C@H](Oc2ccc(-c3nnn(C)c3CN)nc2C)C1. The fourth-order valence-corrected chi connectivity index (χ4v) is 3.42. The molecule has 0 saturated heterocycles. The molecule has 2 heterocycles. The number of pyridine rings is 1. The molecule has 0 radical (unpaired) electrons. The molecule has 26 heavy (non-hydrogen) atoms. The summed E-state index contributed by atoms with van der Waals surface area (Å²) in [6, 6.07) is 3.76. The van der Waals surface area contributed by atoms with E-state index in [-0.39, 0.29) is 18.0 Å². The number of methoxy groups -OCH3 is 1. The highest BCUT2D eigenvalue weighted by atomic mass is 16.5. The fraction of sp³-hybridized carbons (Fsp3) is 0.556. The maximum absolute atomic E-state index is 11.8. The first-order valence-corrected chi connectivity index (χ1v) is 8.84. The van der Waals surface area contributed by atoms with Gasteiger partial charge in [0.05, 0.1) is 36.2 Å². The molecule has 1 aliphatic carbocycles. The van der Waals surface area contributed by atoms with Crippen LogP contribution in [0.3, 0.4) is 0 Å². The third-order valence-corrected chi connectivity index (χ3v) is 4.87. The summed E-state index contributed by atoms with van der Waals surface area (Å²) in [5.41, 5.74) is 8.80. The Balaban J connectivity index is 1.75. The number of esters is 1. The predicted molar refractivity (Wildman–Crippen MR) is 95.3 cm³/mol. The molecule has 0 aromatic carbocycles. The van der Waals surface area contributed by atoms with E-state index in [1.165, 1.54) is 7.11 Å². The lowest BCUT2D eigenvalue weighted by molar-refractivity contribution is -0.147. The summed E-state index contributed by atoms with van der Waals surface area (Å²) in [4.78, 5) is 16.4. The molecule has 8 nitrogen and oxygen atoms in total. The molecule has 0 aliphatic heterocycles. The summed E-state index contributed by atoms with van der Waals surface area (Å²) in [5, 5.41) is 8.17. The standard InChI is InChI=1S/C18H25N5O3/c1-11-16(26-13-6-4-5-12(9-13)18(24)25-3)8-7-14(20-11)17-15(10-19)23(2)22-21-17/h7-8,12-13H,4-6,9-10,19H2,1-3H3/t12-,13-/m0/s1. The molecule has 0 unspecified atom stereocenters. The van der Waals surface area contributed by atoms with Gasteiger partial charge in [0.15, 0.2) is 0 Å². The van der Waals surface area contributed by atoms with Gasteiger partial charge in [0.2, 0.25) is 0 Å². The van der Waals surface area contributed by atoms with Gasteiger partial charge in [-0.1, -0.05) is 5.21 Å². The van der Waals surface area contributed by atoms with Gasteiger partial charge in [-0.3, -0.25) is 9.48 Å². The van der Waals surface area contributed by atoms with Gasteiger partial charge in [-0.15, -0.1) is 5.10 Å². The summed E-state index contributed by atoms with van der Waals surface area (Å²) in [7, 11) is 3.24. The Morgan fingerprint density at radius 1 is 1.38 bits per heavy atom. The fourth-order valence-electron chi connectivity index (χ4n) is 3.42. The third-order valence-electron chi connectivity index (χ3n) is 4.87. The number of aryl methyl sites for hydroxylation is 2. The Morgan fingerprint density at radius 3 is 2.88 bits per heavy atom. The average molecular weight is 359 g/mol. The summed E-state index contributed by atoms with van der Waals surface area (Å²) in [6.45, 7) is 2.24. The molecule has 0 bridgehead atoms. The quantitative estimate of drug-likeness (QED) is 0.811. The number of rotatable bonds is 5. The van der Waals surface area contributed by atoms with E-state index in [4.69, 9.17) is 15.2 Å². The second-order valence-electron chi connectivity index (χ2n) is 6.62.